The minimum Gasteiger partial charge on any atom is -0.310 e. The first kappa shape index (κ1) is 24.9. The summed E-state index contributed by atoms with van der Waals surface area (Å²) in [5.41, 5.74) is 2.27. The Morgan fingerprint density at radius 2 is 1.61 bits per heavy atom. The van der Waals surface area contributed by atoms with E-state index in [1.54, 1.807) is 33.7 Å². The molecule has 6 nitrogen and oxygen atoms in total. The Morgan fingerprint density at radius 3 is 2.32 bits per heavy atom. The molecule has 1 atom stereocenters. The summed E-state index contributed by atoms with van der Waals surface area (Å²) in [5, 5.41) is 3.32. The molecular weight excluding hydrogens is 479 g/mol. The van der Waals surface area contributed by atoms with Gasteiger partial charge in [0.15, 0.2) is 0 Å². The average Bonchev–Trinajstić information content (AvgIpc) is 2.94. The fraction of sp³-hybridized carbons (Fsp3) is 0.129. The number of anilines is 1. The van der Waals surface area contributed by atoms with E-state index >= 15 is 0 Å². The zero-order chi connectivity index (χ0) is 26.5. The van der Waals surface area contributed by atoms with Crippen LogP contribution in [0.15, 0.2) is 114 Å². The van der Waals surface area contributed by atoms with Crippen LogP contribution >= 0.6 is 0 Å². The van der Waals surface area contributed by atoms with Crippen LogP contribution in [0.5, 0.6) is 0 Å². The van der Waals surface area contributed by atoms with Crippen molar-refractivity contribution in [2.45, 2.75) is 25.9 Å². The van der Waals surface area contributed by atoms with Crippen LogP contribution in [0.1, 0.15) is 30.8 Å². The van der Waals surface area contributed by atoms with E-state index < -0.39 is 17.9 Å². The maximum absolute atomic E-state index is 13.9. The standard InChI is InChI=1S/C31H27FN4O2/c1-2-28(29-34-27-19-10-9-18-26(27)30(37)36(29)25-16-7-4-8-17-25)35(21-22-12-5-3-6-13-22)31(38)33-24-15-11-14-23(32)20-24/h3-20,28H,2,21H2,1H3,(H,33,38). The lowest BCUT2D eigenvalue weighted by atomic mass is 10.1. The van der Waals surface area contributed by atoms with Crippen LogP contribution in [0.25, 0.3) is 16.6 Å². The van der Waals surface area contributed by atoms with Crippen molar-refractivity contribution in [2.24, 2.45) is 0 Å². The van der Waals surface area contributed by atoms with Gasteiger partial charge in [-0.2, -0.15) is 0 Å². The molecule has 1 aromatic heterocycles. The van der Waals surface area contributed by atoms with Crippen LogP contribution in [-0.2, 0) is 6.54 Å². The monoisotopic (exact) mass is 506 g/mol. The number of hydrogen-bond acceptors (Lipinski definition) is 3. The first-order valence-electron chi connectivity index (χ1n) is 12.5. The molecule has 1 heterocycles. The van der Waals surface area contributed by atoms with E-state index in [1.807, 2.05) is 79.7 Å². The molecule has 0 aliphatic rings. The van der Waals surface area contributed by atoms with Gasteiger partial charge in [-0.3, -0.25) is 9.36 Å². The second kappa shape index (κ2) is 11.1. The average molecular weight is 507 g/mol. The molecule has 0 bridgehead atoms. The number of fused-ring (bicyclic) bond motifs is 1. The molecule has 5 rings (SSSR count). The summed E-state index contributed by atoms with van der Waals surface area (Å²) in [6, 6.07) is 30.9. The van der Waals surface area contributed by atoms with Crippen molar-refractivity contribution in [1.82, 2.24) is 14.5 Å². The van der Waals surface area contributed by atoms with Crippen molar-refractivity contribution >= 4 is 22.6 Å². The van der Waals surface area contributed by atoms with Crippen LogP contribution in [-0.4, -0.2) is 20.5 Å². The zero-order valence-corrected chi connectivity index (χ0v) is 20.9. The largest absolute Gasteiger partial charge is 0.322 e. The number of para-hydroxylation sites is 2. The second-order valence-electron chi connectivity index (χ2n) is 8.94. The lowest BCUT2D eigenvalue weighted by Crippen LogP contribution is -2.40. The van der Waals surface area contributed by atoms with E-state index in [2.05, 4.69) is 5.32 Å². The fourth-order valence-electron chi connectivity index (χ4n) is 4.61. The number of carbonyl (C=O) groups is 1. The highest BCUT2D eigenvalue weighted by Crippen LogP contribution is 2.28. The highest BCUT2D eigenvalue weighted by atomic mass is 19.1. The number of carbonyl (C=O) groups excluding carboxylic acids is 1. The Bertz CT molecular complexity index is 1620. The number of halogens is 1. The van der Waals surface area contributed by atoms with Gasteiger partial charge in [-0.1, -0.05) is 73.7 Å². The third-order valence-electron chi connectivity index (χ3n) is 6.41. The molecular formula is C31H27FN4O2. The van der Waals surface area contributed by atoms with E-state index in [1.165, 1.54) is 12.1 Å². The number of urea groups is 1. The van der Waals surface area contributed by atoms with Crippen LogP contribution in [0, 0.1) is 5.82 Å². The van der Waals surface area contributed by atoms with Crippen molar-refractivity contribution in [3.05, 3.63) is 137 Å². The van der Waals surface area contributed by atoms with Crippen molar-refractivity contribution < 1.29 is 9.18 Å². The van der Waals surface area contributed by atoms with Crippen molar-refractivity contribution in [3.63, 3.8) is 0 Å². The molecule has 190 valence electrons. The van der Waals surface area contributed by atoms with Crippen LogP contribution in [0.4, 0.5) is 14.9 Å². The second-order valence-corrected chi connectivity index (χ2v) is 8.94. The number of nitrogens with zero attached hydrogens (tertiary/aromatic N) is 3. The van der Waals surface area contributed by atoms with Crippen molar-refractivity contribution in [1.29, 1.82) is 0 Å². The van der Waals surface area contributed by atoms with Crippen molar-refractivity contribution in [3.8, 4) is 5.69 Å². The van der Waals surface area contributed by atoms with Gasteiger partial charge in [0.1, 0.15) is 11.6 Å². The summed E-state index contributed by atoms with van der Waals surface area (Å²) in [4.78, 5) is 34.2. The first-order valence-corrected chi connectivity index (χ1v) is 12.5. The molecule has 1 unspecified atom stereocenters. The summed E-state index contributed by atoms with van der Waals surface area (Å²) >= 11 is 0. The summed E-state index contributed by atoms with van der Waals surface area (Å²) < 4.78 is 15.5. The lowest BCUT2D eigenvalue weighted by Gasteiger charge is -2.32. The Kier molecular flexibility index (Phi) is 7.26. The van der Waals surface area contributed by atoms with Gasteiger partial charge in [0.2, 0.25) is 0 Å². The molecule has 0 radical (unpaired) electrons. The Labute approximate surface area is 220 Å². The topological polar surface area (TPSA) is 67.2 Å². The summed E-state index contributed by atoms with van der Waals surface area (Å²) in [6.07, 6.45) is 0.487. The number of hydrogen-bond donors (Lipinski definition) is 1. The molecule has 38 heavy (non-hydrogen) atoms. The normalized spacial score (nSPS) is 11.7. The summed E-state index contributed by atoms with van der Waals surface area (Å²) in [7, 11) is 0. The minimum absolute atomic E-state index is 0.208. The van der Waals surface area contributed by atoms with Crippen molar-refractivity contribution in [2.75, 3.05) is 5.32 Å². The molecule has 4 aromatic carbocycles. The van der Waals surface area contributed by atoms with Crippen LogP contribution in [0.3, 0.4) is 0 Å². The number of amides is 2. The third kappa shape index (κ3) is 5.18. The van der Waals surface area contributed by atoms with E-state index in [9.17, 15) is 14.0 Å². The minimum atomic E-state index is -0.568. The Hall–Kier alpha value is -4.78. The van der Waals surface area contributed by atoms with Gasteiger partial charge in [0.05, 0.1) is 22.6 Å². The fourth-order valence-corrected chi connectivity index (χ4v) is 4.61. The van der Waals surface area contributed by atoms with Gasteiger partial charge in [0.25, 0.3) is 5.56 Å². The molecule has 0 aliphatic heterocycles. The van der Waals surface area contributed by atoms with Gasteiger partial charge in [0, 0.05) is 12.2 Å². The summed E-state index contributed by atoms with van der Waals surface area (Å²) in [5.74, 6) is 0.00582. The Morgan fingerprint density at radius 1 is 0.921 bits per heavy atom. The number of rotatable bonds is 7. The SMILES string of the molecule is CCC(c1nc2ccccc2c(=O)n1-c1ccccc1)N(Cc1ccccc1)C(=O)Nc1cccc(F)c1. The number of nitrogens with one attached hydrogen (secondary N) is 1. The predicted octanol–water partition coefficient (Wildman–Crippen LogP) is 6.71. The maximum atomic E-state index is 13.9. The number of benzene rings is 4. The van der Waals surface area contributed by atoms with E-state index in [-0.39, 0.29) is 12.1 Å². The highest BCUT2D eigenvalue weighted by Gasteiger charge is 2.29. The molecule has 0 fully saturated rings. The maximum Gasteiger partial charge on any atom is 0.322 e. The van der Waals surface area contributed by atoms with Crippen LogP contribution in [0.2, 0.25) is 0 Å². The van der Waals surface area contributed by atoms with Gasteiger partial charge in [-0.05, 0) is 54.4 Å². The smallest absolute Gasteiger partial charge is 0.310 e. The van der Waals surface area contributed by atoms with Gasteiger partial charge in [-0.15, -0.1) is 0 Å². The third-order valence-corrected chi connectivity index (χ3v) is 6.41. The first-order chi connectivity index (χ1) is 18.5. The quantitative estimate of drug-likeness (QED) is 0.267. The number of aromatic nitrogens is 2. The van der Waals surface area contributed by atoms with Crippen LogP contribution < -0.4 is 10.9 Å². The molecule has 2 amide bonds. The lowest BCUT2D eigenvalue weighted by molar-refractivity contribution is 0.177. The van der Waals surface area contributed by atoms with E-state index in [0.29, 0.717) is 34.5 Å². The molecule has 7 heteroatoms. The Balaban J connectivity index is 1.67. The van der Waals surface area contributed by atoms with E-state index in [4.69, 9.17) is 4.98 Å². The summed E-state index contributed by atoms with van der Waals surface area (Å²) in [6.45, 7) is 2.22. The zero-order valence-electron chi connectivity index (χ0n) is 20.9. The van der Waals surface area contributed by atoms with Gasteiger partial charge < -0.3 is 10.2 Å². The molecule has 0 saturated heterocycles. The molecule has 5 aromatic rings. The molecule has 0 spiro atoms. The molecule has 0 saturated carbocycles. The van der Waals surface area contributed by atoms with Gasteiger partial charge in [-0.25, -0.2) is 14.2 Å². The van der Waals surface area contributed by atoms with E-state index in [0.717, 1.165) is 5.56 Å². The van der Waals surface area contributed by atoms with Gasteiger partial charge >= 0.3 is 6.03 Å². The highest BCUT2D eigenvalue weighted by molar-refractivity contribution is 5.89. The predicted molar refractivity (Wildman–Crippen MR) is 148 cm³/mol. The molecule has 1 N–H and O–H groups in total. The molecule has 0 aliphatic carbocycles.